The van der Waals surface area contributed by atoms with Gasteiger partial charge in [-0.05, 0) is 12.8 Å². The molecule has 4 nitrogen and oxygen atoms in total. The molecule has 2 saturated heterocycles. The van der Waals surface area contributed by atoms with E-state index in [1.165, 1.54) is 122 Å². The quantitative estimate of drug-likeness (QED) is 0.0755. The molecule has 0 saturated carbocycles. The average molecular weight is 455 g/mol. The smallest absolute Gasteiger partial charge is 0.157 e. The molecule has 2 heterocycles. The molecule has 0 radical (unpaired) electrons. The Labute approximate surface area is 199 Å². The van der Waals surface area contributed by atoms with Crippen LogP contribution in [0.25, 0.3) is 0 Å². The topological polar surface area (TPSA) is 43.5 Å². The van der Waals surface area contributed by atoms with Gasteiger partial charge >= 0.3 is 0 Å². The van der Waals surface area contributed by atoms with Gasteiger partial charge in [-0.1, -0.05) is 122 Å². The number of epoxide rings is 2. The Balaban J connectivity index is 1.25. The minimum atomic E-state index is -0.0748. The van der Waals surface area contributed by atoms with E-state index in [4.69, 9.17) is 18.9 Å². The molecule has 0 spiro atoms. The van der Waals surface area contributed by atoms with Gasteiger partial charge in [0.15, 0.2) is 6.29 Å². The number of rotatable bonds is 26. The van der Waals surface area contributed by atoms with Crippen molar-refractivity contribution >= 4 is 0 Å². The highest BCUT2D eigenvalue weighted by Gasteiger charge is 2.27. The van der Waals surface area contributed by atoms with Crippen molar-refractivity contribution < 1.29 is 18.9 Å². The van der Waals surface area contributed by atoms with Crippen molar-refractivity contribution in [2.45, 2.75) is 154 Å². The second-order valence-electron chi connectivity index (χ2n) is 10.2. The van der Waals surface area contributed by atoms with Gasteiger partial charge in [0.1, 0.15) is 12.2 Å². The minimum Gasteiger partial charge on any atom is -0.371 e. The second kappa shape index (κ2) is 20.2. The first-order chi connectivity index (χ1) is 15.9. The molecule has 190 valence electrons. The second-order valence-corrected chi connectivity index (χ2v) is 10.2. The molecule has 2 unspecified atom stereocenters. The van der Waals surface area contributed by atoms with E-state index in [0.717, 1.165) is 19.6 Å². The normalized spacial score (nSPS) is 20.5. The summed E-state index contributed by atoms with van der Waals surface area (Å²) in [7, 11) is 0. The summed E-state index contributed by atoms with van der Waals surface area (Å²) in [6.45, 7) is 5.34. The zero-order valence-corrected chi connectivity index (χ0v) is 21.3. The molecule has 0 aliphatic carbocycles. The van der Waals surface area contributed by atoms with Crippen LogP contribution in [-0.4, -0.2) is 44.9 Å². The van der Waals surface area contributed by atoms with Crippen LogP contribution in [-0.2, 0) is 18.9 Å². The van der Waals surface area contributed by atoms with E-state index in [1.54, 1.807) is 0 Å². The predicted octanol–water partition coefficient (Wildman–Crippen LogP) is 7.97. The van der Waals surface area contributed by atoms with E-state index >= 15 is 0 Å². The van der Waals surface area contributed by atoms with Gasteiger partial charge in [0.25, 0.3) is 0 Å². The number of unbranched alkanes of at least 4 members (excludes halogenated alkanes) is 18. The van der Waals surface area contributed by atoms with Crippen molar-refractivity contribution in [1.82, 2.24) is 0 Å². The Morgan fingerprint density at radius 2 is 0.844 bits per heavy atom. The lowest BCUT2D eigenvalue weighted by Gasteiger charge is -2.17. The third kappa shape index (κ3) is 18.3. The van der Waals surface area contributed by atoms with Gasteiger partial charge in [0.2, 0.25) is 0 Å². The van der Waals surface area contributed by atoms with Crippen molar-refractivity contribution in [2.75, 3.05) is 26.4 Å². The fourth-order valence-electron chi connectivity index (χ4n) is 4.36. The summed E-state index contributed by atoms with van der Waals surface area (Å²) in [5, 5.41) is 0. The van der Waals surface area contributed by atoms with Gasteiger partial charge in [-0.25, -0.2) is 0 Å². The summed E-state index contributed by atoms with van der Waals surface area (Å²) in [5.41, 5.74) is 0. The summed E-state index contributed by atoms with van der Waals surface area (Å²) < 4.78 is 22.2. The van der Waals surface area contributed by atoms with E-state index < -0.39 is 0 Å². The molecule has 32 heavy (non-hydrogen) atoms. The summed E-state index contributed by atoms with van der Waals surface area (Å²) >= 11 is 0. The van der Waals surface area contributed by atoms with Crippen molar-refractivity contribution in [3.05, 3.63) is 0 Å². The summed E-state index contributed by atoms with van der Waals surface area (Å²) in [4.78, 5) is 0. The summed E-state index contributed by atoms with van der Waals surface area (Å²) in [6, 6.07) is 0. The van der Waals surface area contributed by atoms with E-state index in [0.29, 0.717) is 25.4 Å². The zero-order chi connectivity index (χ0) is 22.5. The van der Waals surface area contributed by atoms with Crippen LogP contribution in [0.1, 0.15) is 135 Å². The maximum atomic E-state index is 5.88. The number of ether oxygens (including phenoxy) is 4. The zero-order valence-electron chi connectivity index (χ0n) is 21.3. The maximum Gasteiger partial charge on any atom is 0.157 e. The highest BCUT2D eigenvalue weighted by Crippen LogP contribution is 2.18. The molecule has 0 aromatic rings. The van der Waals surface area contributed by atoms with Gasteiger partial charge in [-0.3, -0.25) is 0 Å². The first-order valence-corrected chi connectivity index (χ1v) is 14.3. The average Bonchev–Trinajstić information content (AvgIpc) is 3.71. The molecule has 0 N–H and O–H groups in total. The van der Waals surface area contributed by atoms with Crippen molar-refractivity contribution in [1.29, 1.82) is 0 Å². The molecule has 0 aromatic carbocycles. The molecule has 4 heteroatoms. The van der Waals surface area contributed by atoms with Crippen molar-refractivity contribution in [3.63, 3.8) is 0 Å². The predicted molar refractivity (Wildman–Crippen MR) is 133 cm³/mol. The van der Waals surface area contributed by atoms with Crippen molar-refractivity contribution in [2.24, 2.45) is 0 Å². The molecular weight excluding hydrogens is 400 g/mol. The lowest BCUT2D eigenvalue weighted by molar-refractivity contribution is -0.151. The molecule has 0 amide bonds. The lowest BCUT2D eigenvalue weighted by Crippen LogP contribution is -2.22. The van der Waals surface area contributed by atoms with Gasteiger partial charge in [-0.2, -0.15) is 0 Å². The molecular formula is C28H54O4. The molecule has 2 atom stereocenters. The first kappa shape index (κ1) is 28.1. The Bertz CT molecular complexity index is 379. The fourth-order valence-corrected chi connectivity index (χ4v) is 4.36. The van der Waals surface area contributed by atoms with Crippen LogP contribution in [0.5, 0.6) is 0 Å². The summed E-state index contributed by atoms with van der Waals surface area (Å²) in [6.07, 6.45) is 28.4. The van der Waals surface area contributed by atoms with Crippen LogP contribution in [0, 0.1) is 0 Å². The van der Waals surface area contributed by atoms with Crippen LogP contribution in [0.3, 0.4) is 0 Å². The third-order valence-electron chi connectivity index (χ3n) is 6.78. The molecule has 2 aliphatic rings. The van der Waals surface area contributed by atoms with Gasteiger partial charge < -0.3 is 18.9 Å². The van der Waals surface area contributed by atoms with Crippen LogP contribution in [0.15, 0.2) is 0 Å². The maximum absolute atomic E-state index is 5.88. The van der Waals surface area contributed by atoms with Gasteiger partial charge in [-0.15, -0.1) is 0 Å². The lowest BCUT2D eigenvalue weighted by atomic mass is 10.0. The van der Waals surface area contributed by atoms with Crippen LogP contribution >= 0.6 is 0 Å². The van der Waals surface area contributed by atoms with Gasteiger partial charge in [0.05, 0.1) is 26.4 Å². The fraction of sp³-hybridized carbons (Fsp3) is 1.00. The molecule has 0 aromatic heterocycles. The molecule has 2 aliphatic heterocycles. The van der Waals surface area contributed by atoms with E-state index in [1.807, 2.05) is 0 Å². The Kier molecular flexibility index (Phi) is 17.8. The molecule has 0 bridgehead atoms. The number of hydrogen-bond donors (Lipinski definition) is 0. The Morgan fingerprint density at radius 3 is 1.16 bits per heavy atom. The Hall–Kier alpha value is -0.160. The van der Waals surface area contributed by atoms with Crippen LogP contribution in [0.4, 0.5) is 0 Å². The van der Waals surface area contributed by atoms with Crippen molar-refractivity contribution in [3.8, 4) is 0 Å². The minimum absolute atomic E-state index is 0.0748. The van der Waals surface area contributed by atoms with E-state index in [-0.39, 0.29) is 6.29 Å². The largest absolute Gasteiger partial charge is 0.371 e. The van der Waals surface area contributed by atoms with E-state index in [2.05, 4.69) is 6.92 Å². The highest BCUT2D eigenvalue weighted by molar-refractivity contribution is 4.70. The number of hydrogen-bond acceptors (Lipinski definition) is 4. The first-order valence-electron chi connectivity index (χ1n) is 14.3. The monoisotopic (exact) mass is 454 g/mol. The highest BCUT2D eigenvalue weighted by atomic mass is 16.7. The van der Waals surface area contributed by atoms with Crippen LogP contribution < -0.4 is 0 Å². The SMILES string of the molecule is CCCCCCCCCCCCCCCCCCCCCC(OCC1CO1)OCC1CO1. The van der Waals surface area contributed by atoms with Gasteiger partial charge in [0, 0.05) is 0 Å². The van der Waals surface area contributed by atoms with E-state index in [9.17, 15) is 0 Å². The standard InChI is InChI=1S/C28H54O4/c1-2-3-4-5-6-7-8-9-10-11-12-13-14-15-16-17-18-19-20-21-28(31-24-26-22-29-26)32-25-27-23-30-27/h26-28H,2-25H2,1H3. The Morgan fingerprint density at radius 1 is 0.531 bits per heavy atom. The van der Waals surface area contributed by atoms with Crippen LogP contribution in [0.2, 0.25) is 0 Å². The third-order valence-corrected chi connectivity index (χ3v) is 6.78. The molecule has 2 rings (SSSR count). The summed E-state index contributed by atoms with van der Waals surface area (Å²) in [5.74, 6) is 0. The molecule has 2 fully saturated rings.